The van der Waals surface area contributed by atoms with E-state index < -0.39 is 0 Å². The molecule has 0 unspecified atom stereocenters. The van der Waals surface area contributed by atoms with Crippen LogP contribution in [-0.2, 0) is 31.2 Å². The highest BCUT2D eigenvalue weighted by atomic mass is 35.5. The van der Waals surface area contributed by atoms with E-state index in [1.54, 1.807) is 4.68 Å². The number of carbonyl (C=O) groups excluding carboxylic acids is 1. The van der Waals surface area contributed by atoms with Gasteiger partial charge < -0.3 is 10.6 Å². The molecule has 0 saturated heterocycles. The summed E-state index contributed by atoms with van der Waals surface area (Å²) in [7, 11) is 1.99. The second kappa shape index (κ2) is 9.83. The molecule has 3 aromatic rings. The fourth-order valence-corrected chi connectivity index (χ4v) is 4.22. The Hall–Kier alpha value is -2.71. The van der Waals surface area contributed by atoms with Crippen molar-refractivity contribution in [2.24, 2.45) is 18.7 Å². The normalized spacial score (nSPS) is 14.6. The minimum Gasteiger partial charge on any atom is -0.340 e. The Bertz CT molecular complexity index is 1070. The summed E-state index contributed by atoms with van der Waals surface area (Å²) in [6.45, 7) is 7.42. The maximum Gasteiger partial charge on any atom is 0.244 e. The molecule has 172 valence electrons. The first-order chi connectivity index (χ1) is 14.8. The summed E-state index contributed by atoms with van der Waals surface area (Å²) in [5.74, 6) is 1.58. The third kappa shape index (κ3) is 4.71. The number of nitrogens with two attached hydrogens (primary N) is 1. The van der Waals surface area contributed by atoms with E-state index in [4.69, 9.17) is 10.8 Å². The van der Waals surface area contributed by atoms with Crippen molar-refractivity contribution in [3.05, 3.63) is 53.2 Å². The number of nitrogens with zero attached hydrogens (tertiary/aromatic N) is 6. The summed E-state index contributed by atoms with van der Waals surface area (Å²) in [5, 5.41) is 9.20. The monoisotopic (exact) mass is 457 g/mol. The maximum atomic E-state index is 13.2. The number of aryl methyl sites for hydroxylation is 2. The average molecular weight is 458 g/mol. The summed E-state index contributed by atoms with van der Waals surface area (Å²) in [6.07, 6.45) is 1.57. The number of carbonyl (C=O) groups is 1. The molecular formula is C23H32ClN7O. The molecule has 1 aliphatic rings. The Morgan fingerprint density at radius 1 is 1.12 bits per heavy atom. The molecule has 0 bridgehead atoms. The molecule has 4 rings (SSSR count). The Morgan fingerprint density at radius 3 is 2.50 bits per heavy atom. The molecule has 0 saturated carbocycles. The molecular weight excluding hydrogens is 426 g/mol. The van der Waals surface area contributed by atoms with Gasteiger partial charge in [0.2, 0.25) is 5.91 Å². The molecule has 2 aromatic heterocycles. The van der Waals surface area contributed by atoms with Crippen molar-refractivity contribution < 1.29 is 4.79 Å². The molecule has 0 radical (unpaired) electrons. The van der Waals surface area contributed by atoms with Crippen LogP contribution < -0.4 is 5.73 Å². The third-order valence-corrected chi connectivity index (χ3v) is 6.03. The van der Waals surface area contributed by atoms with Crippen molar-refractivity contribution in [1.29, 1.82) is 0 Å². The van der Waals surface area contributed by atoms with E-state index in [0.717, 1.165) is 24.1 Å². The van der Waals surface area contributed by atoms with Crippen LogP contribution in [0.15, 0.2) is 30.3 Å². The van der Waals surface area contributed by atoms with Gasteiger partial charge >= 0.3 is 0 Å². The number of fused-ring (bicyclic) bond motifs is 1. The van der Waals surface area contributed by atoms with Crippen LogP contribution in [0.1, 0.15) is 42.8 Å². The van der Waals surface area contributed by atoms with Crippen LogP contribution in [0.25, 0.3) is 11.3 Å². The van der Waals surface area contributed by atoms with E-state index in [0.29, 0.717) is 24.7 Å². The number of amides is 1. The van der Waals surface area contributed by atoms with Gasteiger partial charge in [-0.15, -0.1) is 12.4 Å². The first kappa shape index (κ1) is 23.9. The van der Waals surface area contributed by atoms with Gasteiger partial charge in [0.25, 0.3) is 0 Å². The molecule has 1 aromatic carbocycles. The van der Waals surface area contributed by atoms with Crippen LogP contribution in [0.5, 0.6) is 0 Å². The highest BCUT2D eigenvalue weighted by Gasteiger charge is 2.26. The van der Waals surface area contributed by atoms with Gasteiger partial charge in [0, 0.05) is 43.4 Å². The fourth-order valence-electron chi connectivity index (χ4n) is 4.22. The predicted octanol–water partition coefficient (Wildman–Crippen LogP) is 2.69. The molecule has 1 amide bonds. The number of hydrogen-bond acceptors (Lipinski definition) is 5. The minimum atomic E-state index is -0.248. The van der Waals surface area contributed by atoms with E-state index in [2.05, 4.69) is 22.2 Å². The lowest BCUT2D eigenvalue weighted by Crippen LogP contribution is -2.37. The van der Waals surface area contributed by atoms with Crippen LogP contribution in [0.4, 0.5) is 0 Å². The second-order valence-electron chi connectivity index (χ2n) is 8.59. The molecule has 3 heterocycles. The van der Waals surface area contributed by atoms with Gasteiger partial charge in [0.05, 0.1) is 11.7 Å². The van der Waals surface area contributed by atoms with E-state index >= 15 is 0 Å². The van der Waals surface area contributed by atoms with Gasteiger partial charge in [-0.05, 0) is 19.3 Å². The fraction of sp³-hybridized carbons (Fsp3) is 0.478. The Morgan fingerprint density at radius 2 is 1.81 bits per heavy atom. The molecule has 0 fully saturated rings. The van der Waals surface area contributed by atoms with Gasteiger partial charge in [0.15, 0.2) is 0 Å². The molecule has 2 N–H and O–H groups in total. The summed E-state index contributed by atoms with van der Waals surface area (Å²) in [5.41, 5.74) is 10.9. The summed E-state index contributed by atoms with van der Waals surface area (Å²) >= 11 is 0. The van der Waals surface area contributed by atoms with E-state index in [-0.39, 0.29) is 36.8 Å². The van der Waals surface area contributed by atoms with Gasteiger partial charge in [-0.3, -0.25) is 9.48 Å². The maximum absolute atomic E-state index is 13.2. The lowest BCUT2D eigenvalue weighted by atomic mass is 10.0. The molecule has 0 spiro atoms. The SMILES string of the molecule is Cc1nc([C@@H](N)C(C)C)n(CC(=O)N2CCc3c(-c4ccccc4)nn(C)c3CC2)n1.Cl. The van der Waals surface area contributed by atoms with E-state index in [1.807, 2.05) is 55.6 Å². The topological polar surface area (TPSA) is 94.9 Å². The summed E-state index contributed by atoms with van der Waals surface area (Å²) in [4.78, 5) is 19.6. The van der Waals surface area contributed by atoms with Crippen molar-refractivity contribution in [2.75, 3.05) is 13.1 Å². The van der Waals surface area contributed by atoms with Crippen molar-refractivity contribution in [1.82, 2.24) is 29.4 Å². The van der Waals surface area contributed by atoms with Gasteiger partial charge in [-0.2, -0.15) is 10.2 Å². The van der Waals surface area contributed by atoms with Crippen molar-refractivity contribution in [3.63, 3.8) is 0 Å². The molecule has 8 nitrogen and oxygen atoms in total. The smallest absolute Gasteiger partial charge is 0.244 e. The van der Waals surface area contributed by atoms with Crippen LogP contribution in [0, 0.1) is 12.8 Å². The van der Waals surface area contributed by atoms with Gasteiger partial charge in [0.1, 0.15) is 18.2 Å². The zero-order valence-corrected chi connectivity index (χ0v) is 20.0. The van der Waals surface area contributed by atoms with Crippen molar-refractivity contribution >= 4 is 18.3 Å². The standard InChI is InChI=1S/C23H31N7O.ClH/c1-15(2)21(24)23-25-16(3)26-30(23)14-20(31)29-12-10-18-19(11-13-29)28(4)27-22(18)17-8-6-5-7-9-17;/h5-9,15,21H,10-14,24H2,1-4H3;1H/t21-;/m0./s1. The number of benzene rings is 1. The zero-order chi connectivity index (χ0) is 22.1. The van der Waals surface area contributed by atoms with E-state index in [9.17, 15) is 4.79 Å². The lowest BCUT2D eigenvalue weighted by Gasteiger charge is -2.22. The largest absolute Gasteiger partial charge is 0.340 e. The lowest BCUT2D eigenvalue weighted by molar-refractivity contribution is -0.132. The zero-order valence-electron chi connectivity index (χ0n) is 19.2. The Labute approximate surface area is 195 Å². The van der Waals surface area contributed by atoms with Crippen molar-refractivity contribution in [3.8, 4) is 11.3 Å². The predicted molar refractivity (Wildman–Crippen MR) is 126 cm³/mol. The second-order valence-corrected chi connectivity index (χ2v) is 8.59. The highest BCUT2D eigenvalue weighted by Crippen LogP contribution is 2.28. The quantitative estimate of drug-likeness (QED) is 0.635. The Balaban J connectivity index is 0.00000289. The number of rotatable bonds is 5. The van der Waals surface area contributed by atoms with E-state index in [1.165, 1.54) is 11.3 Å². The van der Waals surface area contributed by atoms with Crippen molar-refractivity contribution in [2.45, 2.75) is 46.2 Å². The molecule has 32 heavy (non-hydrogen) atoms. The number of aromatic nitrogens is 5. The summed E-state index contributed by atoms with van der Waals surface area (Å²) in [6, 6.07) is 10.00. The number of hydrogen-bond donors (Lipinski definition) is 1. The van der Waals surface area contributed by atoms with Gasteiger partial charge in [-0.1, -0.05) is 44.2 Å². The first-order valence-electron chi connectivity index (χ1n) is 10.9. The first-order valence-corrected chi connectivity index (χ1v) is 10.9. The summed E-state index contributed by atoms with van der Waals surface area (Å²) < 4.78 is 3.64. The average Bonchev–Trinajstić information content (AvgIpc) is 3.17. The molecule has 1 atom stereocenters. The van der Waals surface area contributed by atoms with Crippen LogP contribution >= 0.6 is 12.4 Å². The molecule has 1 aliphatic heterocycles. The van der Waals surface area contributed by atoms with Crippen LogP contribution in [0.2, 0.25) is 0 Å². The number of halogens is 1. The highest BCUT2D eigenvalue weighted by molar-refractivity contribution is 5.85. The Kier molecular flexibility index (Phi) is 7.36. The minimum absolute atomic E-state index is 0. The van der Waals surface area contributed by atoms with Gasteiger partial charge in [-0.25, -0.2) is 9.67 Å². The third-order valence-electron chi connectivity index (χ3n) is 6.03. The molecule has 9 heteroatoms. The molecule has 0 aliphatic carbocycles. The van der Waals surface area contributed by atoms with Crippen LogP contribution in [-0.4, -0.2) is 48.4 Å². The van der Waals surface area contributed by atoms with Crippen LogP contribution in [0.3, 0.4) is 0 Å².